The number of thiocarbonyl (C=S) groups is 1. The van der Waals surface area contributed by atoms with Crippen molar-refractivity contribution in [1.29, 1.82) is 0 Å². The molecule has 0 atom stereocenters. The van der Waals surface area contributed by atoms with Crippen LogP contribution < -0.4 is 14.2 Å². The number of carbonyl (C=O) groups excluding carboxylic acids is 1. The van der Waals surface area contributed by atoms with Gasteiger partial charge in [-0.25, -0.2) is 0 Å². The quantitative estimate of drug-likeness (QED) is 0.516. The molecule has 0 bridgehead atoms. The molecule has 7 nitrogen and oxygen atoms in total. The molecule has 1 amide bonds. The monoisotopic (exact) mass is 411 g/mol. The number of hydrogen-bond acceptors (Lipinski definition) is 7. The number of carboxylic acid groups (broad SMARTS) is 1. The van der Waals surface area contributed by atoms with Crippen LogP contribution in [-0.4, -0.2) is 54.1 Å². The Labute approximate surface area is 167 Å². The molecule has 1 N–H and O–H groups in total. The summed E-state index contributed by atoms with van der Waals surface area (Å²) in [6.45, 7) is 2.15. The van der Waals surface area contributed by atoms with E-state index < -0.39 is 5.97 Å². The molecule has 1 fully saturated rings. The Morgan fingerprint density at radius 3 is 2.48 bits per heavy atom. The van der Waals surface area contributed by atoms with E-state index in [1.54, 1.807) is 19.3 Å². The number of aryl methyl sites for hydroxylation is 1. The zero-order valence-corrected chi connectivity index (χ0v) is 17.2. The lowest BCUT2D eigenvalue weighted by Crippen LogP contribution is -2.29. The van der Waals surface area contributed by atoms with Gasteiger partial charge in [-0.2, -0.15) is 0 Å². The molecule has 2 rings (SSSR count). The highest BCUT2D eigenvalue weighted by atomic mass is 32.2. The summed E-state index contributed by atoms with van der Waals surface area (Å²) in [5, 5.41) is 8.76. The van der Waals surface area contributed by atoms with Gasteiger partial charge in [-0.05, 0) is 31.1 Å². The molecule has 1 saturated heterocycles. The molecule has 9 heteroatoms. The van der Waals surface area contributed by atoms with Crippen LogP contribution in [-0.2, 0) is 9.59 Å². The van der Waals surface area contributed by atoms with Gasteiger partial charge in [-0.15, -0.1) is 0 Å². The van der Waals surface area contributed by atoms with Gasteiger partial charge in [0.2, 0.25) is 5.75 Å². The van der Waals surface area contributed by atoms with Crippen molar-refractivity contribution in [2.75, 3.05) is 27.9 Å². The molecule has 1 heterocycles. The standard InChI is InChI=1S/C18H21NO6S2/c1-10-8-12(23-2)16(25-4)15(24-3)11(10)9-13-17(22)19(18(26)27-13)7-5-6-14(20)21/h8-9H,5-7H2,1-4H3,(H,20,21)/b13-9-. The fraction of sp³-hybridized carbons (Fsp3) is 0.389. The summed E-state index contributed by atoms with van der Waals surface area (Å²) in [5.41, 5.74) is 1.54. The lowest BCUT2D eigenvalue weighted by Gasteiger charge is -2.17. The molecule has 0 aliphatic carbocycles. The summed E-state index contributed by atoms with van der Waals surface area (Å²) in [4.78, 5) is 25.2. The molecule has 0 radical (unpaired) electrons. The predicted octanol–water partition coefficient (Wildman–Crippen LogP) is 3.09. The van der Waals surface area contributed by atoms with E-state index in [2.05, 4.69) is 0 Å². The molecular weight excluding hydrogens is 390 g/mol. The Hall–Kier alpha value is -2.26. The van der Waals surface area contributed by atoms with Crippen LogP contribution in [0, 0.1) is 6.92 Å². The first-order valence-corrected chi connectivity index (χ1v) is 9.33. The van der Waals surface area contributed by atoms with E-state index in [1.165, 1.54) is 30.9 Å². The maximum Gasteiger partial charge on any atom is 0.303 e. The number of carbonyl (C=O) groups is 2. The average molecular weight is 412 g/mol. The summed E-state index contributed by atoms with van der Waals surface area (Å²) in [7, 11) is 4.57. The van der Waals surface area contributed by atoms with Gasteiger partial charge in [0.25, 0.3) is 5.91 Å². The third-order valence-electron chi connectivity index (χ3n) is 4.00. The number of rotatable bonds is 8. The molecule has 1 aliphatic rings. The molecule has 1 aromatic carbocycles. The van der Waals surface area contributed by atoms with Gasteiger partial charge in [0.15, 0.2) is 11.5 Å². The SMILES string of the molecule is COc1cc(C)c(/C=C2\SC(=S)N(CCCC(=O)O)C2=O)c(OC)c1OC. The minimum atomic E-state index is -0.901. The van der Waals surface area contributed by atoms with Gasteiger partial charge in [-0.1, -0.05) is 24.0 Å². The van der Waals surface area contributed by atoms with E-state index in [0.29, 0.717) is 38.5 Å². The van der Waals surface area contributed by atoms with E-state index in [-0.39, 0.29) is 18.9 Å². The number of methoxy groups -OCH3 is 3. The molecule has 0 spiro atoms. The molecular formula is C18H21NO6S2. The highest BCUT2D eigenvalue weighted by Gasteiger charge is 2.32. The lowest BCUT2D eigenvalue weighted by atomic mass is 10.0. The summed E-state index contributed by atoms with van der Waals surface area (Å²) in [6.07, 6.45) is 2.04. The topological polar surface area (TPSA) is 85.3 Å². The Balaban J connectivity index is 2.37. The van der Waals surface area contributed by atoms with Crippen molar-refractivity contribution in [3.05, 3.63) is 22.1 Å². The van der Waals surface area contributed by atoms with E-state index in [9.17, 15) is 9.59 Å². The third-order valence-corrected chi connectivity index (χ3v) is 5.37. The minimum absolute atomic E-state index is 0.0152. The first-order valence-electron chi connectivity index (χ1n) is 8.10. The molecule has 0 saturated carbocycles. The Morgan fingerprint density at radius 1 is 1.26 bits per heavy atom. The van der Waals surface area contributed by atoms with Gasteiger partial charge >= 0.3 is 5.97 Å². The normalized spacial score (nSPS) is 15.4. The van der Waals surface area contributed by atoms with Crippen LogP contribution in [0.2, 0.25) is 0 Å². The van der Waals surface area contributed by atoms with Crippen molar-refractivity contribution < 1.29 is 28.9 Å². The van der Waals surface area contributed by atoms with E-state index in [0.717, 1.165) is 5.56 Å². The van der Waals surface area contributed by atoms with Crippen molar-refractivity contribution in [2.24, 2.45) is 0 Å². The van der Waals surface area contributed by atoms with Gasteiger partial charge in [0.1, 0.15) is 4.32 Å². The van der Waals surface area contributed by atoms with Gasteiger partial charge in [0.05, 0.1) is 26.2 Å². The number of carboxylic acids is 1. The molecule has 0 aromatic heterocycles. The van der Waals surface area contributed by atoms with Crippen molar-refractivity contribution in [3.63, 3.8) is 0 Å². The Morgan fingerprint density at radius 2 is 1.93 bits per heavy atom. The third kappa shape index (κ3) is 4.54. The largest absolute Gasteiger partial charge is 0.493 e. The van der Waals surface area contributed by atoms with Gasteiger partial charge in [0, 0.05) is 18.5 Å². The number of benzene rings is 1. The van der Waals surface area contributed by atoms with Crippen LogP contribution in [0.15, 0.2) is 11.0 Å². The van der Waals surface area contributed by atoms with Crippen LogP contribution in [0.4, 0.5) is 0 Å². The van der Waals surface area contributed by atoms with Crippen molar-refractivity contribution >= 4 is 46.3 Å². The predicted molar refractivity (Wildman–Crippen MR) is 108 cm³/mol. The molecule has 0 unspecified atom stereocenters. The maximum absolute atomic E-state index is 12.7. The molecule has 146 valence electrons. The molecule has 1 aromatic rings. The van der Waals surface area contributed by atoms with Crippen LogP contribution in [0.3, 0.4) is 0 Å². The smallest absolute Gasteiger partial charge is 0.303 e. The van der Waals surface area contributed by atoms with E-state index in [1.807, 2.05) is 6.92 Å². The second-order valence-corrected chi connectivity index (χ2v) is 7.38. The summed E-state index contributed by atoms with van der Waals surface area (Å²) >= 11 is 6.46. The van der Waals surface area contributed by atoms with E-state index >= 15 is 0 Å². The highest BCUT2D eigenvalue weighted by molar-refractivity contribution is 8.26. The van der Waals surface area contributed by atoms with Crippen molar-refractivity contribution in [1.82, 2.24) is 4.90 Å². The zero-order chi connectivity index (χ0) is 20.1. The van der Waals surface area contributed by atoms with Gasteiger partial charge < -0.3 is 19.3 Å². The summed E-state index contributed by atoms with van der Waals surface area (Å²) in [5.74, 6) is 0.290. The van der Waals surface area contributed by atoms with Crippen LogP contribution >= 0.6 is 24.0 Å². The maximum atomic E-state index is 12.7. The number of hydrogen-bond donors (Lipinski definition) is 1. The lowest BCUT2D eigenvalue weighted by molar-refractivity contribution is -0.137. The van der Waals surface area contributed by atoms with Crippen LogP contribution in [0.5, 0.6) is 17.2 Å². The molecule has 1 aliphatic heterocycles. The number of thioether (sulfide) groups is 1. The summed E-state index contributed by atoms with van der Waals surface area (Å²) < 4.78 is 16.6. The first-order chi connectivity index (χ1) is 12.8. The zero-order valence-electron chi connectivity index (χ0n) is 15.5. The fourth-order valence-corrected chi connectivity index (χ4v) is 3.98. The van der Waals surface area contributed by atoms with Crippen LogP contribution in [0.25, 0.3) is 6.08 Å². The minimum Gasteiger partial charge on any atom is -0.493 e. The summed E-state index contributed by atoms with van der Waals surface area (Å²) in [6, 6.07) is 1.81. The van der Waals surface area contributed by atoms with E-state index in [4.69, 9.17) is 31.5 Å². The molecule has 27 heavy (non-hydrogen) atoms. The highest BCUT2D eigenvalue weighted by Crippen LogP contribution is 2.44. The number of ether oxygens (including phenoxy) is 3. The van der Waals surface area contributed by atoms with Gasteiger partial charge in [-0.3, -0.25) is 14.5 Å². The van der Waals surface area contributed by atoms with Crippen molar-refractivity contribution in [3.8, 4) is 17.2 Å². The number of amides is 1. The second kappa shape index (κ2) is 9.09. The first kappa shape index (κ1) is 21.0. The number of nitrogens with zero attached hydrogens (tertiary/aromatic N) is 1. The van der Waals surface area contributed by atoms with Crippen LogP contribution in [0.1, 0.15) is 24.0 Å². The second-order valence-electron chi connectivity index (χ2n) is 5.71. The fourth-order valence-electron chi connectivity index (χ4n) is 2.69. The number of aliphatic carboxylic acids is 1. The average Bonchev–Trinajstić information content (AvgIpc) is 2.89. The van der Waals surface area contributed by atoms with Crippen molar-refractivity contribution in [2.45, 2.75) is 19.8 Å². The Kier molecular flexibility index (Phi) is 7.09. The Bertz CT molecular complexity index is 806.